The van der Waals surface area contributed by atoms with Crippen LogP contribution >= 0.6 is 0 Å². The zero-order valence-electron chi connectivity index (χ0n) is 10.8. The third kappa shape index (κ3) is 2.91. The average molecular weight is 272 g/mol. The topological polar surface area (TPSA) is 54.4 Å². The van der Waals surface area contributed by atoms with E-state index < -0.39 is 17.7 Å². The number of aliphatic carboxylic acids is 1. The van der Waals surface area contributed by atoms with E-state index >= 15 is 0 Å². The molecule has 2 aromatic rings. The van der Waals surface area contributed by atoms with Crippen molar-refractivity contribution in [2.75, 3.05) is 0 Å². The van der Waals surface area contributed by atoms with Crippen LogP contribution in [-0.4, -0.2) is 16.9 Å². The lowest BCUT2D eigenvalue weighted by molar-refractivity contribution is -0.149. The summed E-state index contributed by atoms with van der Waals surface area (Å²) in [5.41, 5.74) is 2.38. The second kappa shape index (κ2) is 5.65. The van der Waals surface area contributed by atoms with Gasteiger partial charge in [-0.2, -0.15) is 0 Å². The molecule has 2 rings (SSSR count). The number of carbonyl (C=O) groups excluding carboxylic acids is 1. The van der Waals surface area contributed by atoms with Crippen molar-refractivity contribution >= 4 is 11.8 Å². The van der Waals surface area contributed by atoms with Crippen LogP contribution < -0.4 is 0 Å². The van der Waals surface area contributed by atoms with Gasteiger partial charge in [0, 0.05) is 0 Å². The summed E-state index contributed by atoms with van der Waals surface area (Å²) < 4.78 is 12.8. The van der Waals surface area contributed by atoms with Crippen molar-refractivity contribution < 1.29 is 19.1 Å². The summed E-state index contributed by atoms with van der Waals surface area (Å²) in [5, 5.41) is 8.69. The van der Waals surface area contributed by atoms with Crippen molar-refractivity contribution in [1.82, 2.24) is 0 Å². The second-order valence-corrected chi connectivity index (χ2v) is 4.52. The lowest BCUT2D eigenvalue weighted by atomic mass is 9.94. The fraction of sp³-hybridized carbons (Fsp3) is 0.125. The average Bonchev–Trinajstić information content (AvgIpc) is 2.46. The van der Waals surface area contributed by atoms with Gasteiger partial charge >= 0.3 is 5.97 Å². The van der Waals surface area contributed by atoms with Crippen LogP contribution in [0.5, 0.6) is 0 Å². The summed E-state index contributed by atoms with van der Waals surface area (Å²) in [6.07, 6.45) is 0. The molecule has 102 valence electrons. The summed E-state index contributed by atoms with van der Waals surface area (Å²) in [5.74, 6) is -3.25. The largest absolute Gasteiger partial charge is 0.475 e. The smallest absolute Gasteiger partial charge is 0.372 e. The number of carboxylic acids is 1. The molecule has 0 heterocycles. The van der Waals surface area contributed by atoms with Crippen molar-refractivity contribution in [3.8, 4) is 11.1 Å². The predicted molar refractivity (Wildman–Crippen MR) is 72.9 cm³/mol. The van der Waals surface area contributed by atoms with Gasteiger partial charge in [0.25, 0.3) is 0 Å². The molecule has 0 saturated heterocycles. The van der Waals surface area contributed by atoms with Gasteiger partial charge in [-0.1, -0.05) is 43.3 Å². The highest BCUT2D eigenvalue weighted by molar-refractivity contribution is 6.34. The Kier molecular flexibility index (Phi) is 3.94. The molecule has 0 aliphatic heterocycles. The highest BCUT2D eigenvalue weighted by Gasteiger charge is 2.21. The summed E-state index contributed by atoms with van der Waals surface area (Å²) in [6.45, 7) is 1.56. The van der Waals surface area contributed by atoms with Gasteiger partial charge in [-0.15, -0.1) is 0 Å². The zero-order valence-corrected chi connectivity index (χ0v) is 10.8. The second-order valence-electron chi connectivity index (χ2n) is 4.52. The van der Waals surface area contributed by atoms with Gasteiger partial charge in [-0.3, -0.25) is 4.79 Å². The fourth-order valence-corrected chi connectivity index (χ4v) is 1.94. The van der Waals surface area contributed by atoms with Gasteiger partial charge in [0.1, 0.15) is 5.82 Å². The molecule has 1 atom stereocenters. The van der Waals surface area contributed by atoms with Crippen molar-refractivity contribution in [3.63, 3.8) is 0 Å². The standard InChI is InChI=1S/C16H13FO3/c1-10(15(18)16(19)20)11-2-4-12(5-3-11)13-6-8-14(17)9-7-13/h2-10H,1H3,(H,19,20). The molecule has 1 unspecified atom stereocenters. The first-order valence-corrected chi connectivity index (χ1v) is 6.12. The van der Waals surface area contributed by atoms with E-state index in [1.807, 2.05) is 0 Å². The fourth-order valence-electron chi connectivity index (χ4n) is 1.94. The molecule has 0 aliphatic rings. The first kappa shape index (κ1) is 13.9. The number of hydrogen-bond donors (Lipinski definition) is 1. The normalized spacial score (nSPS) is 11.9. The van der Waals surface area contributed by atoms with E-state index in [2.05, 4.69) is 0 Å². The van der Waals surface area contributed by atoms with Gasteiger partial charge in [-0.25, -0.2) is 9.18 Å². The summed E-state index contributed by atoms with van der Waals surface area (Å²) in [7, 11) is 0. The minimum absolute atomic E-state index is 0.300. The SMILES string of the molecule is CC(C(=O)C(=O)O)c1ccc(-c2ccc(F)cc2)cc1. The first-order valence-electron chi connectivity index (χ1n) is 6.12. The van der Waals surface area contributed by atoms with E-state index in [1.165, 1.54) is 12.1 Å². The molecular formula is C16H13FO3. The number of rotatable bonds is 4. The predicted octanol–water partition coefficient (Wildman–Crippen LogP) is 3.25. The van der Waals surface area contributed by atoms with Crippen LogP contribution in [-0.2, 0) is 9.59 Å². The van der Waals surface area contributed by atoms with Crippen LogP contribution in [0.4, 0.5) is 4.39 Å². The number of halogens is 1. The Morgan fingerprint density at radius 3 is 1.85 bits per heavy atom. The molecule has 0 bridgehead atoms. The molecule has 0 spiro atoms. The van der Waals surface area contributed by atoms with Crippen LogP contribution in [0.2, 0.25) is 0 Å². The molecule has 4 heteroatoms. The van der Waals surface area contributed by atoms with Crippen molar-refractivity contribution in [3.05, 3.63) is 59.9 Å². The number of carbonyl (C=O) groups is 2. The molecule has 1 N–H and O–H groups in total. The third-order valence-corrected chi connectivity index (χ3v) is 3.19. The minimum Gasteiger partial charge on any atom is -0.475 e. The van der Waals surface area contributed by atoms with Gasteiger partial charge in [0.05, 0.1) is 5.92 Å². The minimum atomic E-state index is -1.43. The number of Topliss-reactive ketones (excluding diaryl/α,β-unsaturated/α-hetero) is 1. The Bertz CT molecular complexity index is 630. The van der Waals surface area contributed by atoms with E-state index in [0.717, 1.165) is 11.1 Å². The van der Waals surface area contributed by atoms with E-state index in [0.29, 0.717) is 5.56 Å². The van der Waals surface area contributed by atoms with Gasteiger partial charge in [-0.05, 0) is 28.8 Å². The van der Waals surface area contributed by atoms with Crippen LogP contribution in [0, 0.1) is 5.82 Å². The molecule has 0 aromatic heterocycles. The maximum atomic E-state index is 12.8. The van der Waals surface area contributed by atoms with E-state index in [9.17, 15) is 14.0 Å². The van der Waals surface area contributed by atoms with E-state index in [1.54, 1.807) is 43.3 Å². The molecular weight excluding hydrogens is 259 g/mol. The number of hydrogen-bond acceptors (Lipinski definition) is 2. The Hall–Kier alpha value is -2.49. The molecule has 0 amide bonds. The first-order chi connectivity index (χ1) is 9.49. The molecule has 0 fully saturated rings. The number of benzene rings is 2. The van der Waals surface area contributed by atoms with Crippen molar-refractivity contribution in [2.45, 2.75) is 12.8 Å². The van der Waals surface area contributed by atoms with Gasteiger partial charge in [0.2, 0.25) is 5.78 Å². The van der Waals surface area contributed by atoms with Crippen LogP contribution in [0.1, 0.15) is 18.4 Å². The molecule has 2 aromatic carbocycles. The summed E-state index contributed by atoms with van der Waals surface area (Å²) in [4.78, 5) is 22.0. The Labute approximate surface area is 115 Å². The van der Waals surface area contributed by atoms with E-state index in [4.69, 9.17) is 5.11 Å². The Morgan fingerprint density at radius 2 is 1.40 bits per heavy atom. The number of carboxylic acid groups (broad SMARTS) is 1. The van der Waals surface area contributed by atoms with Gasteiger partial charge < -0.3 is 5.11 Å². The zero-order chi connectivity index (χ0) is 14.7. The van der Waals surface area contributed by atoms with Crippen LogP contribution in [0.3, 0.4) is 0 Å². The summed E-state index contributed by atoms with van der Waals surface area (Å²) >= 11 is 0. The van der Waals surface area contributed by atoms with Crippen molar-refractivity contribution in [2.24, 2.45) is 0 Å². The van der Waals surface area contributed by atoms with Gasteiger partial charge in [0.15, 0.2) is 0 Å². The quantitative estimate of drug-likeness (QED) is 0.869. The lowest BCUT2D eigenvalue weighted by Gasteiger charge is -2.09. The maximum absolute atomic E-state index is 12.8. The Morgan fingerprint density at radius 1 is 0.950 bits per heavy atom. The highest BCUT2D eigenvalue weighted by Crippen LogP contribution is 2.23. The molecule has 0 radical (unpaired) electrons. The van der Waals surface area contributed by atoms with Crippen LogP contribution in [0.25, 0.3) is 11.1 Å². The molecule has 0 saturated carbocycles. The Balaban J connectivity index is 2.24. The molecule has 0 aliphatic carbocycles. The van der Waals surface area contributed by atoms with Crippen LogP contribution in [0.15, 0.2) is 48.5 Å². The monoisotopic (exact) mass is 272 g/mol. The lowest BCUT2D eigenvalue weighted by Crippen LogP contribution is -2.19. The molecule has 20 heavy (non-hydrogen) atoms. The maximum Gasteiger partial charge on any atom is 0.372 e. The molecule has 3 nitrogen and oxygen atoms in total. The van der Waals surface area contributed by atoms with Crippen molar-refractivity contribution in [1.29, 1.82) is 0 Å². The number of ketones is 1. The highest BCUT2D eigenvalue weighted by atomic mass is 19.1. The van der Waals surface area contributed by atoms with E-state index in [-0.39, 0.29) is 5.82 Å². The third-order valence-electron chi connectivity index (χ3n) is 3.19. The summed E-state index contributed by atoms with van der Waals surface area (Å²) in [6, 6.07) is 13.1.